The number of amides is 1. The van der Waals surface area contributed by atoms with Crippen molar-refractivity contribution in [1.82, 2.24) is 0 Å². The maximum Gasteiger partial charge on any atom is 0.257 e. The lowest BCUT2D eigenvalue weighted by molar-refractivity contribution is 0.102. The fourth-order valence-electron chi connectivity index (χ4n) is 1.78. The van der Waals surface area contributed by atoms with Gasteiger partial charge in [0.25, 0.3) is 5.91 Å². The molecule has 0 aliphatic rings. The summed E-state index contributed by atoms with van der Waals surface area (Å²) in [6.45, 7) is -0.130. The number of halogens is 1. The molecule has 0 heterocycles. The van der Waals surface area contributed by atoms with Crippen molar-refractivity contribution in [2.24, 2.45) is 0 Å². The lowest BCUT2D eigenvalue weighted by Crippen LogP contribution is -2.14. The molecule has 20 heavy (non-hydrogen) atoms. The Labute approximate surface area is 127 Å². The number of para-hydroxylation sites is 1. The van der Waals surface area contributed by atoms with Gasteiger partial charge >= 0.3 is 0 Å². The Morgan fingerprint density at radius 2 is 2.05 bits per heavy atom. The van der Waals surface area contributed by atoms with Crippen molar-refractivity contribution in [3.05, 3.63) is 58.6 Å². The molecule has 0 fully saturated rings. The lowest BCUT2D eigenvalue weighted by atomic mass is 10.1. The highest BCUT2D eigenvalue weighted by Gasteiger charge is 2.13. The van der Waals surface area contributed by atoms with Gasteiger partial charge < -0.3 is 10.4 Å². The molecule has 0 saturated heterocycles. The molecule has 3 nitrogen and oxygen atoms in total. The molecule has 2 rings (SSSR count). The van der Waals surface area contributed by atoms with Crippen LogP contribution in [-0.4, -0.2) is 17.3 Å². The number of thioether (sulfide) groups is 1. The van der Waals surface area contributed by atoms with Crippen LogP contribution in [0.3, 0.4) is 0 Å². The molecule has 0 aliphatic heterocycles. The second-order valence-corrected chi connectivity index (χ2v) is 5.40. The van der Waals surface area contributed by atoms with E-state index >= 15 is 0 Å². The largest absolute Gasteiger partial charge is 0.392 e. The summed E-state index contributed by atoms with van der Waals surface area (Å²) in [5.74, 6) is -0.285. The predicted molar refractivity (Wildman–Crippen MR) is 83.6 cm³/mol. The monoisotopic (exact) mass is 307 g/mol. The van der Waals surface area contributed by atoms with Gasteiger partial charge in [-0.3, -0.25) is 4.79 Å². The fourth-order valence-corrected chi connectivity index (χ4v) is 2.42. The summed E-state index contributed by atoms with van der Waals surface area (Å²) >= 11 is 7.61. The normalized spacial score (nSPS) is 10.3. The Morgan fingerprint density at radius 3 is 2.75 bits per heavy atom. The predicted octanol–water partition coefficient (Wildman–Crippen LogP) is 3.81. The molecule has 2 aromatic rings. The number of nitrogens with one attached hydrogen (secondary N) is 1. The number of aliphatic hydroxyl groups excluding tert-OH is 1. The number of hydrogen-bond donors (Lipinski definition) is 2. The summed E-state index contributed by atoms with van der Waals surface area (Å²) in [4.78, 5) is 13.3. The Kier molecular flexibility index (Phi) is 5.06. The molecule has 0 aliphatic carbocycles. The summed E-state index contributed by atoms with van der Waals surface area (Å²) < 4.78 is 0. The number of rotatable bonds is 4. The maximum absolute atomic E-state index is 12.3. The standard InChI is InChI=1S/C15H14ClNO2S/c1-20-11-6-7-13(16)12(8-11)15(19)17-14-5-3-2-4-10(14)9-18/h2-8,18H,9H2,1H3,(H,17,19). The van der Waals surface area contributed by atoms with Crippen molar-refractivity contribution >= 4 is 35.0 Å². The highest BCUT2D eigenvalue weighted by molar-refractivity contribution is 7.98. The van der Waals surface area contributed by atoms with Crippen LogP contribution >= 0.6 is 23.4 Å². The summed E-state index contributed by atoms with van der Waals surface area (Å²) in [6.07, 6.45) is 1.94. The van der Waals surface area contributed by atoms with Crippen LogP contribution in [0.5, 0.6) is 0 Å². The van der Waals surface area contributed by atoms with E-state index in [2.05, 4.69) is 5.32 Å². The van der Waals surface area contributed by atoms with E-state index in [-0.39, 0.29) is 12.5 Å². The van der Waals surface area contributed by atoms with Crippen molar-refractivity contribution in [2.45, 2.75) is 11.5 Å². The highest BCUT2D eigenvalue weighted by atomic mass is 35.5. The molecular weight excluding hydrogens is 294 g/mol. The van der Waals surface area contributed by atoms with E-state index in [1.54, 1.807) is 42.1 Å². The van der Waals surface area contributed by atoms with Gasteiger partial charge in [0.05, 0.1) is 17.2 Å². The molecule has 0 atom stereocenters. The van der Waals surface area contributed by atoms with Gasteiger partial charge in [0.2, 0.25) is 0 Å². The fraction of sp³-hybridized carbons (Fsp3) is 0.133. The van der Waals surface area contributed by atoms with E-state index in [1.807, 2.05) is 18.4 Å². The molecule has 2 N–H and O–H groups in total. The smallest absolute Gasteiger partial charge is 0.257 e. The van der Waals surface area contributed by atoms with Gasteiger partial charge in [-0.05, 0) is 30.5 Å². The van der Waals surface area contributed by atoms with E-state index in [9.17, 15) is 9.90 Å². The minimum absolute atomic E-state index is 0.130. The molecule has 104 valence electrons. The molecule has 0 spiro atoms. The molecule has 2 aromatic carbocycles. The molecule has 1 amide bonds. The third-order valence-electron chi connectivity index (χ3n) is 2.85. The van der Waals surface area contributed by atoms with E-state index in [0.717, 1.165) is 4.90 Å². The molecular formula is C15H14ClNO2S. The molecule has 0 bridgehead atoms. The van der Waals surface area contributed by atoms with Gasteiger partial charge in [-0.1, -0.05) is 29.8 Å². The summed E-state index contributed by atoms with van der Waals surface area (Å²) in [5.41, 5.74) is 1.68. The first-order valence-electron chi connectivity index (χ1n) is 5.99. The van der Waals surface area contributed by atoms with Gasteiger partial charge in [-0.2, -0.15) is 0 Å². The first-order chi connectivity index (χ1) is 9.65. The van der Waals surface area contributed by atoms with Crippen LogP contribution in [0.4, 0.5) is 5.69 Å². The number of aliphatic hydroxyl groups is 1. The van der Waals surface area contributed by atoms with Crippen LogP contribution in [0, 0.1) is 0 Å². The Bertz CT molecular complexity index is 631. The molecule has 0 radical (unpaired) electrons. The van der Waals surface area contributed by atoms with E-state index in [0.29, 0.717) is 21.8 Å². The SMILES string of the molecule is CSc1ccc(Cl)c(C(=O)Nc2ccccc2CO)c1. The zero-order valence-electron chi connectivity index (χ0n) is 10.9. The summed E-state index contributed by atoms with van der Waals surface area (Å²) in [6, 6.07) is 12.4. The maximum atomic E-state index is 12.3. The van der Waals surface area contributed by atoms with Crippen LogP contribution in [0.2, 0.25) is 5.02 Å². The molecule has 0 aromatic heterocycles. The van der Waals surface area contributed by atoms with Crippen molar-refractivity contribution in [3.8, 4) is 0 Å². The van der Waals surface area contributed by atoms with Crippen LogP contribution in [0.1, 0.15) is 15.9 Å². The van der Waals surface area contributed by atoms with E-state index < -0.39 is 0 Å². The zero-order valence-corrected chi connectivity index (χ0v) is 12.5. The summed E-state index contributed by atoms with van der Waals surface area (Å²) in [5, 5.41) is 12.4. The quantitative estimate of drug-likeness (QED) is 0.845. The highest BCUT2D eigenvalue weighted by Crippen LogP contribution is 2.24. The first-order valence-corrected chi connectivity index (χ1v) is 7.59. The Balaban J connectivity index is 2.28. The number of hydrogen-bond acceptors (Lipinski definition) is 3. The third kappa shape index (κ3) is 3.33. The molecule has 0 unspecified atom stereocenters. The van der Waals surface area contributed by atoms with E-state index in [1.165, 1.54) is 0 Å². The van der Waals surface area contributed by atoms with Gasteiger partial charge in [0.15, 0.2) is 0 Å². The lowest BCUT2D eigenvalue weighted by Gasteiger charge is -2.11. The minimum atomic E-state index is -0.285. The van der Waals surface area contributed by atoms with Crippen LogP contribution in [-0.2, 0) is 6.61 Å². The van der Waals surface area contributed by atoms with Gasteiger partial charge in [-0.15, -0.1) is 11.8 Å². The first kappa shape index (κ1) is 14.9. The van der Waals surface area contributed by atoms with Crippen molar-refractivity contribution in [2.75, 3.05) is 11.6 Å². The van der Waals surface area contributed by atoms with Crippen LogP contribution in [0.25, 0.3) is 0 Å². The number of benzene rings is 2. The van der Waals surface area contributed by atoms with Crippen molar-refractivity contribution < 1.29 is 9.90 Å². The molecule has 0 saturated carbocycles. The zero-order chi connectivity index (χ0) is 14.5. The number of carbonyl (C=O) groups excluding carboxylic acids is 1. The second-order valence-electron chi connectivity index (χ2n) is 4.12. The Hall–Kier alpha value is -1.49. The molecule has 5 heteroatoms. The third-order valence-corrected chi connectivity index (χ3v) is 3.91. The Morgan fingerprint density at radius 1 is 1.30 bits per heavy atom. The average molecular weight is 308 g/mol. The summed E-state index contributed by atoms with van der Waals surface area (Å²) in [7, 11) is 0. The van der Waals surface area contributed by atoms with Gasteiger partial charge in [-0.25, -0.2) is 0 Å². The van der Waals surface area contributed by atoms with Gasteiger partial charge in [0.1, 0.15) is 0 Å². The number of anilines is 1. The second kappa shape index (κ2) is 6.79. The number of carbonyl (C=O) groups is 1. The van der Waals surface area contributed by atoms with Crippen molar-refractivity contribution in [1.29, 1.82) is 0 Å². The average Bonchev–Trinajstić information content (AvgIpc) is 2.48. The minimum Gasteiger partial charge on any atom is -0.392 e. The van der Waals surface area contributed by atoms with E-state index in [4.69, 9.17) is 11.6 Å². The van der Waals surface area contributed by atoms with Gasteiger partial charge in [0, 0.05) is 16.1 Å². The van der Waals surface area contributed by atoms with Crippen LogP contribution in [0.15, 0.2) is 47.4 Å². The van der Waals surface area contributed by atoms with Crippen molar-refractivity contribution in [3.63, 3.8) is 0 Å². The van der Waals surface area contributed by atoms with Crippen LogP contribution < -0.4 is 5.32 Å². The topological polar surface area (TPSA) is 49.3 Å².